The summed E-state index contributed by atoms with van der Waals surface area (Å²) >= 11 is 0. The maximum absolute atomic E-state index is 10.6. The van der Waals surface area contributed by atoms with Crippen LogP contribution in [0.4, 0.5) is 0 Å². The minimum Gasteiger partial charge on any atom is -0.469 e. The van der Waals surface area contributed by atoms with Crippen molar-refractivity contribution in [3.63, 3.8) is 0 Å². The van der Waals surface area contributed by atoms with Crippen molar-refractivity contribution in [1.29, 1.82) is 0 Å². The number of carbonyl (C=O) groups excluding carboxylic acids is 1. The fraction of sp³-hybridized carbons (Fsp3) is 0.625. The van der Waals surface area contributed by atoms with Gasteiger partial charge in [-0.05, 0) is 5.92 Å². The lowest BCUT2D eigenvalue weighted by Gasteiger charge is -2.03. The zero-order valence-corrected chi connectivity index (χ0v) is 6.39. The molecule has 0 aliphatic heterocycles. The molecule has 1 atom stereocenters. The van der Waals surface area contributed by atoms with E-state index in [1.165, 1.54) is 7.11 Å². The standard InChI is InChI=1S/C8H12O2/c1-4-5-7(2)6-8(9)10-3/h1,7H,5-6H2,2-3H3. The fourth-order valence-electron chi connectivity index (χ4n) is 0.641. The second kappa shape index (κ2) is 4.87. The van der Waals surface area contributed by atoms with Crippen molar-refractivity contribution in [3.8, 4) is 12.3 Å². The quantitative estimate of drug-likeness (QED) is 0.435. The zero-order chi connectivity index (χ0) is 7.98. The monoisotopic (exact) mass is 140 g/mol. The van der Waals surface area contributed by atoms with Crippen molar-refractivity contribution >= 4 is 5.97 Å². The smallest absolute Gasteiger partial charge is 0.305 e. The van der Waals surface area contributed by atoms with Crippen molar-refractivity contribution in [2.75, 3.05) is 7.11 Å². The van der Waals surface area contributed by atoms with Crippen LogP contribution in [0, 0.1) is 18.3 Å². The van der Waals surface area contributed by atoms with Crippen LogP contribution in [0.5, 0.6) is 0 Å². The molecule has 0 aliphatic rings. The van der Waals surface area contributed by atoms with Gasteiger partial charge in [0.1, 0.15) is 0 Å². The van der Waals surface area contributed by atoms with E-state index in [2.05, 4.69) is 10.7 Å². The van der Waals surface area contributed by atoms with E-state index < -0.39 is 0 Å². The van der Waals surface area contributed by atoms with Crippen LogP contribution in [0.2, 0.25) is 0 Å². The first-order valence-electron chi connectivity index (χ1n) is 3.21. The molecular formula is C8H12O2. The van der Waals surface area contributed by atoms with Crippen LogP contribution >= 0.6 is 0 Å². The van der Waals surface area contributed by atoms with Gasteiger partial charge in [-0.2, -0.15) is 0 Å². The minimum atomic E-state index is -0.192. The molecule has 10 heavy (non-hydrogen) atoms. The van der Waals surface area contributed by atoms with Gasteiger partial charge in [0, 0.05) is 12.8 Å². The SMILES string of the molecule is C#CCC(C)CC(=O)OC. The first kappa shape index (κ1) is 9.03. The number of ether oxygens (including phenoxy) is 1. The van der Waals surface area contributed by atoms with Crippen LogP contribution in [0.15, 0.2) is 0 Å². The van der Waals surface area contributed by atoms with Crippen molar-refractivity contribution in [3.05, 3.63) is 0 Å². The number of rotatable bonds is 3. The average molecular weight is 140 g/mol. The van der Waals surface area contributed by atoms with Crippen LogP contribution in [0.25, 0.3) is 0 Å². The molecule has 0 saturated heterocycles. The average Bonchev–Trinajstić information content (AvgIpc) is 1.88. The molecule has 0 rings (SSSR count). The Labute approximate surface area is 61.6 Å². The normalized spacial score (nSPS) is 11.7. The van der Waals surface area contributed by atoms with Gasteiger partial charge < -0.3 is 4.74 Å². The van der Waals surface area contributed by atoms with E-state index >= 15 is 0 Å². The van der Waals surface area contributed by atoms with E-state index in [9.17, 15) is 4.79 Å². The molecule has 0 aliphatic carbocycles. The van der Waals surface area contributed by atoms with E-state index in [-0.39, 0.29) is 11.9 Å². The Hall–Kier alpha value is -0.970. The molecule has 0 heterocycles. The molecular weight excluding hydrogens is 128 g/mol. The third-order valence-corrected chi connectivity index (χ3v) is 1.21. The van der Waals surface area contributed by atoms with E-state index in [4.69, 9.17) is 6.42 Å². The van der Waals surface area contributed by atoms with E-state index in [1.807, 2.05) is 6.92 Å². The Morgan fingerprint density at radius 2 is 2.40 bits per heavy atom. The number of methoxy groups -OCH3 is 1. The van der Waals surface area contributed by atoms with Crippen molar-refractivity contribution < 1.29 is 9.53 Å². The Morgan fingerprint density at radius 3 is 2.80 bits per heavy atom. The van der Waals surface area contributed by atoms with Gasteiger partial charge in [-0.1, -0.05) is 6.92 Å². The topological polar surface area (TPSA) is 26.3 Å². The second-order valence-electron chi connectivity index (χ2n) is 2.29. The Morgan fingerprint density at radius 1 is 1.80 bits per heavy atom. The summed E-state index contributed by atoms with van der Waals surface area (Å²) in [6.45, 7) is 1.93. The van der Waals surface area contributed by atoms with Gasteiger partial charge in [0.25, 0.3) is 0 Å². The van der Waals surface area contributed by atoms with E-state index in [0.29, 0.717) is 12.8 Å². The summed E-state index contributed by atoms with van der Waals surface area (Å²) in [7, 11) is 1.38. The maximum atomic E-state index is 10.6. The van der Waals surface area contributed by atoms with Crippen LogP contribution in [0.3, 0.4) is 0 Å². The maximum Gasteiger partial charge on any atom is 0.305 e. The molecule has 2 heteroatoms. The Balaban J connectivity index is 3.49. The molecule has 0 aromatic carbocycles. The van der Waals surface area contributed by atoms with Gasteiger partial charge in [0.05, 0.1) is 7.11 Å². The van der Waals surface area contributed by atoms with Crippen molar-refractivity contribution in [2.45, 2.75) is 19.8 Å². The lowest BCUT2D eigenvalue weighted by molar-refractivity contribution is -0.141. The summed E-state index contributed by atoms with van der Waals surface area (Å²) in [6.07, 6.45) is 6.10. The number of terminal acetylenes is 1. The predicted molar refractivity (Wildman–Crippen MR) is 39.2 cm³/mol. The van der Waals surface area contributed by atoms with Crippen molar-refractivity contribution in [1.82, 2.24) is 0 Å². The molecule has 0 aromatic rings. The largest absolute Gasteiger partial charge is 0.469 e. The molecule has 2 nitrogen and oxygen atoms in total. The minimum absolute atomic E-state index is 0.192. The number of esters is 1. The van der Waals surface area contributed by atoms with Gasteiger partial charge in [0.15, 0.2) is 0 Å². The third-order valence-electron chi connectivity index (χ3n) is 1.21. The van der Waals surface area contributed by atoms with Crippen LogP contribution in [0.1, 0.15) is 19.8 Å². The Bertz CT molecular complexity index is 144. The van der Waals surface area contributed by atoms with Gasteiger partial charge in [-0.3, -0.25) is 4.79 Å². The summed E-state index contributed by atoms with van der Waals surface area (Å²) in [4.78, 5) is 10.6. The molecule has 0 bridgehead atoms. The van der Waals surface area contributed by atoms with Crippen LogP contribution < -0.4 is 0 Å². The highest BCUT2D eigenvalue weighted by molar-refractivity contribution is 5.69. The van der Waals surface area contributed by atoms with Gasteiger partial charge >= 0.3 is 5.97 Å². The van der Waals surface area contributed by atoms with E-state index in [1.54, 1.807) is 0 Å². The highest BCUT2D eigenvalue weighted by Crippen LogP contribution is 2.06. The van der Waals surface area contributed by atoms with Crippen LogP contribution in [-0.2, 0) is 9.53 Å². The Kier molecular flexibility index (Phi) is 4.39. The highest BCUT2D eigenvalue weighted by atomic mass is 16.5. The summed E-state index contributed by atoms with van der Waals surface area (Å²) in [5.41, 5.74) is 0. The van der Waals surface area contributed by atoms with E-state index in [0.717, 1.165) is 0 Å². The molecule has 0 fully saturated rings. The van der Waals surface area contributed by atoms with Crippen molar-refractivity contribution in [2.24, 2.45) is 5.92 Å². The van der Waals surface area contributed by atoms with Gasteiger partial charge in [-0.15, -0.1) is 12.3 Å². The molecule has 1 unspecified atom stereocenters. The summed E-state index contributed by atoms with van der Waals surface area (Å²) in [5.74, 6) is 2.53. The molecule has 56 valence electrons. The van der Waals surface area contributed by atoms with Gasteiger partial charge in [0.2, 0.25) is 0 Å². The number of carbonyl (C=O) groups is 1. The third kappa shape index (κ3) is 3.96. The second-order valence-corrected chi connectivity index (χ2v) is 2.29. The first-order chi connectivity index (χ1) is 4.70. The number of hydrogen-bond acceptors (Lipinski definition) is 2. The highest BCUT2D eigenvalue weighted by Gasteiger charge is 2.06. The molecule has 0 N–H and O–H groups in total. The molecule has 0 amide bonds. The predicted octanol–water partition coefficient (Wildman–Crippen LogP) is 1.21. The molecule has 0 aromatic heterocycles. The summed E-state index contributed by atoms with van der Waals surface area (Å²) in [5, 5.41) is 0. The first-order valence-corrected chi connectivity index (χ1v) is 3.21. The van der Waals surface area contributed by atoms with Crippen LogP contribution in [-0.4, -0.2) is 13.1 Å². The van der Waals surface area contributed by atoms with Gasteiger partial charge in [-0.25, -0.2) is 0 Å². The lowest BCUT2D eigenvalue weighted by atomic mass is 10.1. The molecule has 0 radical (unpaired) electrons. The molecule has 0 saturated carbocycles. The summed E-state index contributed by atoms with van der Waals surface area (Å²) < 4.78 is 4.46. The number of hydrogen-bond donors (Lipinski definition) is 0. The molecule has 0 spiro atoms. The zero-order valence-electron chi connectivity index (χ0n) is 6.39. The lowest BCUT2D eigenvalue weighted by Crippen LogP contribution is -2.06. The fourth-order valence-corrected chi connectivity index (χ4v) is 0.641. The summed E-state index contributed by atoms with van der Waals surface area (Å²) in [6, 6.07) is 0.